The first-order valence-electron chi connectivity index (χ1n) is 11.3. The van der Waals surface area contributed by atoms with E-state index in [1.165, 1.54) is 17.0 Å². The fraction of sp³-hybridized carbons (Fsp3) is 0.385. The molecule has 1 aliphatic carbocycles. The number of carbonyl (C=O) groups excluding carboxylic acids is 4. The summed E-state index contributed by atoms with van der Waals surface area (Å²) in [5, 5.41) is 2.70. The fourth-order valence-electron chi connectivity index (χ4n) is 4.65. The summed E-state index contributed by atoms with van der Waals surface area (Å²) in [7, 11) is 0. The smallest absolute Gasteiger partial charge is 0.338 e. The monoisotopic (exact) mass is 448 g/mol. The van der Waals surface area contributed by atoms with Gasteiger partial charge in [-0.15, -0.1) is 0 Å². The maximum Gasteiger partial charge on any atom is 0.338 e. The van der Waals surface area contributed by atoms with Crippen molar-refractivity contribution < 1.29 is 23.9 Å². The van der Waals surface area contributed by atoms with Gasteiger partial charge in [-0.3, -0.25) is 19.3 Å². The van der Waals surface area contributed by atoms with Gasteiger partial charge in [0.05, 0.1) is 23.1 Å². The number of esters is 1. The Kier molecular flexibility index (Phi) is 6.31. The van der Waals surface area contributed by atoms with Gasteiger partial charge in [-0.25, -0.2) is 4.79 Å². The van der Waals surface area contributed by atoms with Crippen molar-refractivity contribution in [3.05, 3.63) is 59.2 Å². The highest BCUT2D eigenvalue weighted by molar-refractivity contribution is 6.22. The van der Waals surface area contributed by atoms with Crippen molar-refractivity contribution in [3.8, 4) is 0 Å². The van der Waals surface area contributed by atoms with Gasteiger partial charge in [-0.05, 0) is 80.5 Å². The number of amides is 3. The van der Waals surface area contributed by atoms with Crippen molar-refractivity contribution in [1.82, 2.24) is 0 Å². The standard InChI is InChI=1S/C26H28N2O5/c1-15-7-10-21-22(11-15)25(31)28(24(21)30)20-6-4-5-18(13-20)26(32)33-14-23(29)27-19-9-8-16(2)17(3)12-19/h4-6,8-9,12-13,15,21-22H,7,10-11,14H2,1-3H3,(H,27,29)/t15-,21+,22-/m0/s1. The number of nitrogens with zero attached hydrogens (tertiary/aromatic N) is 1. The van der Waals surface area contributed by atoms with Crippen LogP contribution < -0.4 is 10.2 Å². The van der Waals surface area contributed by atoms with E-state index < -0.39 is 18.5 Å². The van der Waals surface area contributed by atoms with Crippen LogP contribution in [0.1, 0.15) is 47.7 Å². The normalized spacial score (nSPS) is 22.2. The minimum Gasteiger partial charge on any atom is -0.452 e. The molecule has 0 radical (unpaired) electrons. The Morgan fingerprint density at radius 1 is 1.00 bits per heavy atom. The summed E-state index contributed by atoms with van der Waals surface area (Å²) < 4.78 is 5.16. The molecule has 0 aromatic heterocycles. The van der Waals surface area contributed by atoms with E-state index in [-0.39, 0.29) is 29.2 Å². The highest BCUT2D eigenvalue weighted by Gasteiger charge is 2.50. The molecule has 3 atom stereocenters. The highest BCUT2D eigenvalue weighted by atomic mass is 16.5. The average Bonchev–Trinajstić information content (AvgIpc) is 3.04. The molecule has 7 heteroatoms. The van der Waals surface area contributed by atoms with Crippen LogP contribution >= 0.6 is 0 Å². The molecule has 2 aromatic rings. The number of nitrogens with one attached hydrogen (secondary N) is 1. The molecule has 0 unspecified atom stereocenters. The number of hydrogen-bond acceptors (Lipinski definition) is 5. The van der Waals surface area contributed by atoms with Crippen LogP contribution in [0.3, 0.4) is 0 Å². The minimum atomic E-state index is -0.697. The largest absolute Gasteiger partial charge is 0.452 e. The maximum atomic E-state index is 12.9. The average molecular weight is 449 g/mol. The van der Waals surface area contributed by atoms with Crippen molar-refractivity contribution >= 4 is 35.1 Å². The van der Waals surface area contributed by atoms with Gasteiger partial charge in [0, 0.05) is 5.69 Å². The SMILES string of the molecule is Cc1ccc(NC(=O)COC(=O)c2cccc(N3C(=O)[C@H]4C[C@@H](C)CC[C@H]4C3=O)c2)cc1C. The van der Waals surface area contributed by atoms with Crippen LogP contribution in [0, 0.1) is 31.6 Å². The summed E-state index contributed by atoms with van der Waals surface area (Å²) in [6.07, 6.45) is 2.36. The summed E-state index contributed by atoms with van der Waals surface area (Å²) >= 11 is 0. The zero-order chi connectivity index (χ0) is 23.7. The molecular formula is C26H28N2O5. The number of aryl methyl sites for hydroxylation is 2. The zero-order valence-corrected chi connectivity index (χ0v) is 19.1. The number of anilines is 2. The Labute approximate surface area is 193 Å². The third-order valence-corrected chi connectivity index (χ3v) is 6.65. The van der Waals surface area contributed by atoms with Crippen molar-refractivity contribution in [2.45, 2.75) is 40.0 Å². The first kappa shape index (κ1) is 22.7. The minimum absolute atomic E-state index is 0.176. The van der Waals surface area contributed by atoms with Crippen LogP contribution in [-0.2, 0) is 19.1 Å². The number of imide groups is 1. The van der Waals surface area contributed by atoms with Gasteiger partial charge in [0.25, 0.3) is 5.91 Å². The van der Waals surface area contributed by atoms with Gasteiger partial charge in [-0.1, -0.05) is 19.1 Å². The van der Waals surface area contributed by atoms with E-state index in [4.69, 9.17) is 4.74 Å². The third-order valence-electron chi connectivity index (χ3n) is 6.65. The molecule has 3 amide bonds. The van der Waals surface area contributed by atoms with Crippen LogP contribution in [-0.4, -0.2) is 30.3 Å². The van der Waals surface area contributed by atoms with Crippen molar-refractivity contribution in [2.75, 3.05) is 16.8 Å². The molecule has 1 aliphatic heterocycles. The van der Waals surface area contributed by atoms with Crippen molar-refractivity contribution in [3.63, 3.8) is 0 Å². The first-order chi connectivity index (χ1) is 15.7. The third kappa shape index (κ3) is 4.67. The second kappa shape index (κ2) is 9.17. The van der Waals surface area contributed by atoms with Crippen molar-refractivity contribution in [2.24, 2.45) is 17.8 Å². The van der Waals surface area contributed by atoms with Gasteiger partial charge in [-0.2, -0.15) is 0 Å². The highest BCUT2D eigenvalue weighted by Crippen LogP contribution is 2.42. The van der Waals surface area contributed by atoms with Gasteiger partial charge in [0.1, 0.15) is 0 Å². The van der Waals surface area contributed by atoms with E-state index in [0.717, 1.165) is 17.5 Å². The number of benzene rings is 2. The maximum absolute atomic E-state index is 12.9. The quantitative estimate of drug-likeness (QED) is 0.551. The molecule has 1 saturated carbocycles. The van der Waals surface area contributed by atoms with Gasteiger partial charge in [0.15, 0.2) is 6.61 Å². The number of ether oxygens (including phenoxy) is 1. The second-order valence-corrected chi connectivity index (χ2v) is 9.12. The van der Waals surface area contributed by atoms with Gasteiger partial charge >= 0.3 is 5.97 Å². The predicted molar refractivity (Wildman–Crippen MR) is 124 cm³/mol. The second-order valence-electron chi connectivity index (χ2n) is 9.12. The lowest BCUT2D eigenvalue weighted by atomic mass is 9.76. The molecule has 1 heterocycles. The Hall–Kier alpha value is -3.48. The summed E-state index contributed by atoms with van der Waals surface area (Å²) in [5.41, 5.74) is 3.32. The summed E-state index contributed by atoms with van der Waals surface area (Å²) in [6.45, 7) is 5.58. The van der Waals surface area contributed by atoms with Crippen LogP contribution in [0.4, 0.5) is 11.4 Å². The lowest BCUT2D eigenvalue weighted by Gasteiger charge is -2.25. The zero-order valence-electron chi connectivity index (χ0n) is 19.1. The van der Waals surface area contributed by atoms with E-state index >= 15 is 0 Å². The molecular weight excluding hydrogens is 420 g/mol. The summed E-state index contributed by atoms with van der Waals surface area (Å²) in [5.74, 6) is -1.70. The van der Waals surface area contributed by atoms with Crippen molar-refractivity contribution in [1.29, 1.82) is 0 Å². The lowest BCUT2D eigenvalue weighted by molar-refractivity contribution is -0.122. The number of hydrogen-bond donors (Lipinski definition) is 1. The fourth-order valence-corrected chi connectivity index (χ4v) is 4.65. The summed E-state index contributed by atoms with van der Waals surface area (Å²) in [4.78, 5) is 51.8. The van der Waals surface area contributed by atoms with Gasteiger partial charge in [0.2, 0.25) is 11.8 Å². The molecule has 172 valence electrons. The van der Waals surface area contributed by atoms with Gasteiger partial charge < -0.3 is 10.1 Å². The molecule has 0 bridgehead atoms. The first-order valence-corrected chi connectivity index (χ1v) is 11.3. The molecule has 33 heavy (non-hydrogen) atoms. The molecule has 1 N–H and O–H groups in total. The van der Waals surface area contributed by atoms with Crippen LogP contribution in [0.25, 0.3) is 0 Å². The summed E-state index contributed by atoms with van der Waals surface area (Å²) in [6, 6.07) is 11.8. The van der Waals surface area contributed by atoms with E-state index in [2.05, 4.69) is 12.2 Å². The molecule has 4 rings (SSSR count). The van der Waals surface area contributed by atoms with E-state index in [1.807, 2.05) is 26.0 Å². The Morgan fingerprint density at radius 3 is 2.52 bits per heavy atom. The number of carbonyl (C=O) groups is 4. The Bertz CT molecular complexity index is 1130. The number of rotatable bonds is 5. The molecule has 2 fully saturated rings. The molecule has 7 nitrogen and oxygen atoms in total. The molecule has 1 saturated heterocycles. The molecule has 0 spiro atoms. The molecule has 2 aromatic carbocycles. The Morgan fingerprint density at radius 2 is 1.76 bits per heavy atom. The lowest BCUT2D eigenvalue weighted by Crippen LogP contribution is -2.31. The number of fused-ring (bicyclic) bond motifs is 1. The predicted octanol–water partition coefficient (Wildman–Crippen LogP) is 4.02. The molecule has 2 aliphatic rings. The topological polar surface area (TPSA) is 92.8 Å². The van der Waals surface area contributed by atoms with Crippen LogP contribution in [0.15, 0.2) is 42.5 Å². The van der Waals surface area contributed by atoms with Crippen LogP contribution in [0.2, 0.25) is 0 Å². The van der Waals surface area contributed by atoms with E-state index in [1.54, 1.807) is 18.2 Å². The van der Waals surface area contributed by atoms with Crippen LogP contribution in [0.5, 0.6) is 0 Å². The van der Waals surface area contributed by atoms with E-state index in [0.29, 0.717) is 30.1 Å². The van der Waals surface area contributed by atoms with E-state index in [9.17, 15) is 19.2 Å². The Balaban J connectivity index is 1.40.